The van der Waals surface area contributed by atoms with Gasteiger partial charge in [0.25, 0.3) is 0 Å². The van der Waals surface area contributed by atoms with Crippen LogP contribution >= 0.6 is 0 Å². The molecular weight excluding hydrogens is 204 g/mol. The number of rotatable bonds is 0. The molecular formula is C17H22. The molecule has 0 amide bonds. The topological polar surface area (TPSA) is 0 Å². The molecule has 0 nitrogen and oxygen atoms in total. The maximum atomic E-state index is 4.24. The summed E-state index contributed by atoms with van der Waals surface area (Å²) in [5.74, 6) is 0. The third kappa shape index (κ3) is 1.57. The molecule has 17 heavy (non-hydrogen) atoms. The zero-order valence-corrected chi connectivity index (χ0v) is 11.3. The van der Waals surface area contributed by atoms with Gasteiger partial charge < -0.3 is 0 Å². The summed E-state index contributed by atoms with van der Waals surface area (Å²) >= 11 is 0. The standard InChI is InChI=1S/C17H22/c1-11-8-9-14-15(11)10-12-6-5-7-13(12)16(14)17(2,3)4/h10H,1,5-9H2,2-4H3. The molecule has 0 saturated carbocycles. The first-order valence-corrected chi connectivity index (χ1v) is 6.85. The van der Waals surface area contributed by atoms with Crippen molar-refractivity contribution in [3.63, 3.8) is 0 Å². The molecule has 0 unspecified atom stereocenters. The fourth-order valence-corrected chi connectivity index (χ4v) is 3.68. The van der Waals surface area contributed by atoms with Crippen LogP contribution in [0.4, 0.5) is 0 Å². The van der Waals surface area contributed by atoms with Gasteiger partial charge in [-0.2, -0.15) is 0 Å². The molecule has 0 radical (unpaired) electrons. The summed E-state index contributed by atoms with van der Waals surface area (Å²) in [6, 6.07) is 2.45. The van der Waals surface area contributed by atoms with Crippen molar-refractivity contribution in [3.05, 3.63) is 40.5 Å². The van der Waals surface area contributed by atoms with Crippen LogP contribution in [0.1, 0.15) is 61.4 Å². The van der Waals surface area contributed by atoms with Crippen LogP contribution in [0, 0.1) is 0 Å². The van der Waals surface area contributed by atoms with Crippen molar-refractivity contribution in [1.29, 1.82) is 0 Å². The second kappa shape index (κ2) is 3.48. The van der Waals surface area contributed by atoms with Gasteiger partial charge in [0.1, 0.15) is 0 Å². The molecule has 0 bridgehead atoms. The van der Waals surface area contributed by atoms with E-state index in [9.17, 15) is 0 Å². The summed E-state index contributed by atoms with van der Waals surface area (Å²) in [4.78, 5) is 0. The Morgan fingerprint density at radius 1 is 1.00 bits per heavy atom. The monoisotopic (exact) mass is 226 g/mol. The summed E-state index contributed by atoms with van der Waals surface area (Å²) in [5.41, 5.74) is 9.67. The first-order valence-electron chi connectivity index (χ1n) is 6.85. The lowest BCUT2D eigenvalue weighted by molar-refractivity contribution is 0.577. The van der Waals surface area contributed by atoms with Gasteiger partial charge in [-0.15, -0.1) is 0 Å². The van der Waals surface area contributed by atoms with E-state index in [1.54, 1.807) is 22.3 Å². The van der Waals surface area contributed by atoms with Gasteiger partial charge in [0.05, 0.1) is 0 Å². The molecule has 0 aromatic heterocycles. The molecule has 3 rings (SSSR count). The van der Waals surface area contributed by atoms with Crippen LogP contribution in [0.5, 0.6) is 0 Å². The van der Waals surface area contributed by atoms with E-state index in [1.165, 1.54) is 43.2 Å². The Kier molecular flexibility index (Phi) is 2.26. The maximum absolute atomic E-state index is 4.24. The molecule has 90 valence electrons. The average molecular weight is 226 g/mol. The van der Waals surface area contributed by atoms with Gasteiger partial charge in [0.15, 0.2) is 0 Å². The quantitative estimate of drug-likeness (QED) is 0.614. The Morgan fingerprint density at radius 3 is 2.47 bits per heavy atom. The molecule has 0 N–H and O–H groups in total. The number of hydrogen-bond donors (Lipinski definition) is 0. The Hall–Kier alpha value is -1.04. The van der Waals surface area contributed by atoms with E-state index < -0.39 is 0 Å². The Labute approximate surface area is 105 Å². The zero-order valence-electron chi connectivity index (χ0n) is 11.3. The Balaban J connectivity index is 2.32. The smallest absolute Gasteiger partial charge is 0.0126 e. The predicted molar refractivity (Wildman–Crippen MR) is 74.5 cm³/mol. The van der Waals surface area contributed by atoms with E-state index in [-0.39, 0.29) is 5.41 Å². The van der Waals surface area contributed by atoms with Gasteiger partial charge in [-0.1, -0.05) is 33.4 Å². The Bertz CT molecular complexity index is 498. The van der Waals surface area contributed by atoms with E-state index in [1.807, 2.05) is 0 Å². The minimum atomic E-state index is 0.282. The highest BCUT2D eigenvalue weighted by Crippen LogP contribution is 2.43. The normalized spacial score (nSPS) is 18.4. The van der Waals surface area contributed by atoms with Gasteiger partial charge in [-0.05, 0) is 70.9 Å². The lowest BCUT2D eigenvalue weighted by Gasteiger charge is -2.26. The number of aryl methyl sites for hydroxylation is 1. The van der Waals surface area contributed by atoms with E-state index in [0.29, 0.717) is 0 Å². The van der Waals surface area contributed by atoms with Crippen molar-refractivity contribution in [3.8, 4) is 0 Å². The summed E-state index contributed by atoms with van der Waals surface area (Å²) in [6.45, 7) is 11.3. The molecule has 1 aromatic rings. The SMILES string of the molecule is C=C1CCc2c1cc1c(c2C(C)(C)C)CCC1. The van der Waals surface area contributed by atoms with Crippen LogP contribution in [0.2, 0.25) is 0 Å². The highest BCUT2D eigenvalue weighted by molar-refractivity contribution is 5.74. The van der Waals surface area contributed by atoms with Crippen LogP contribution in [-0.2, 0) is 24.7 Å². The molecule has 0 heterocycles. The summed E-state index contributed by atoms with van der Waals surface area (Å²) in [6.07, 6.45) is 6.30. The number of fused-ring (bicyclic) bond motifs is 2. The third-order valence-corrected chi connectivity index (χ3v) is 4.32. The fourth-order valence-electron chi connectivity index (χ4n) is 3.68. The lowest BCUT2D eigenvalue weighted by atomic mass is 9.78. The fraction of sp³-hybridized carbons (Fsp3) is 0.529. The van der Waals surface area contributed by atoms with Gasteiger partial charge in [-0.25, -0.2) is 0 Å². The van der Waals surface area contributed by atoms with E-state index in [0.717, 1.165) is 0 Å². The number of benzene rings is 1. The molecule has 0 fully saturated rings. The van der Waals surface area contributed by atoms with Crippen LogP contribution < -0.4 is 0 Å². The first kappa shape index (κ1) is 11.1. The molecule has 0 atom stereocenters. The van der Waals surface area contributed by atoms with Crippen molar-refractivity contribution in [2.45, 2.75) is 58.3 Å². The molecule has 0 saturated heterocycles. The number of hydrogen-bond acceptors (Lipinski definition) is 0. The third-order valence-electron chi connectivity index (χ3n) is 4.32. The average Bonchev–Trinajstić information content (AvgIpc) is 2.81. The van der Waals surface area contributed by atoms with Crippen LogP contribution in [-0.4, -0.2) is 0 Å². The van der Waals surface area contributed by atoms with Crippen molar-refractivity contribution < 1.29 is 0 Å². The van der Waals surface area contributed by atoms with Gasteiger partial charge in [0.2, 0.25) is 0 Å². The summed E-state index contributed by atoms with van der Waals surface area (Å²) in [7, 11) is 0. The van der Waals surface area contributed by atoms with Crippen molar-refractivity contribution in [2.75, 3.05) is 0 Å². The van der Waals surface area contributed by atoms with Crippen LogP contribution in [0.3, 0.4) is 0 Å². The minimum Gasteiger partial charge on any atom is -0.0952 e. The molecule has 1 aromatic carbocycles. The Morgan fingerprint density at radius 2 is 1.76 bits per heavy atom. The molecule has 2 aliphatic carbocycles. The van der Waals surface area contributed by atoms with Gasteiger partial charge in [-0.3, -0.25) is 0 Å². The molecule has 0 spiro atoms. The second-order valence-corrected chi connectivity index (χ2v) is 6.62. The largest absolute Gasteiger partial charge is 0.0952 e. The first-order chi connectivity index (χ1) is 7.98. The molecule has 0 heteroatoms. The zero-order chi connectivity index (χ0) is 12.2. The second-order valence-electron chi connectivity index (χ2n) is 6.62. The van der Waals surface area contributed by atoms with E-state index in [2.05, 4.69) is 33.4 Å². The van der Waals surface area contributed by atoms with Crippen LogP contribution in [0.15, 0.2) is 12.6 Å². The van der Waals surface area contributed by atoms with Crippen molar-refractivity contribution in [2.24, 2.45) is 0 Å². The number of allylic oxidation sites excluding steroid dienone is 1. The highest BCUT2D eigenvalue weighted by Gasteiger charge is 2.30. The van der Waals surface area contributed by atoms with Crippen LogP contribution in [0.25, 0.3) is 5.57 Å². The summed E-state index contributed by atoms with van der Waals surface area (Å²) in [5, 5.41) is 0. The van der Waals surface area contributed by atoms with Crippen molar-refractivity contribution in [1.82, 2.24) is 0 Å². The maximum Gasteiger partial charge on any atom is -0.0126 e. The van der Waals surface area contributed by atoms with E-state index >= 15 is 0 Å². The minimum absolute atomic E-state index is 0.282. The van der Waals surface area contributed by atoms with Crippen molar-refractivity contribution >= 4 is 5.57 Å². The molecule has 2 aliphatic rings. The summed E-state index contributed by atoms with van der Waals surface area (Å²) < 4.78 is 0. The lowest BCUT2D eigenvalue weighted by Crippen LogP contribution is -2.17. The molecule has 0 aliphatic heterocycles. The predicted octanol–water partition coefficient (Wildman–Crippen LogP) is 4.43. The van der Waals surface area contributed by atoms with Gasteiger partial charge >= 0.3 is 0 Å². The highest BCUT2D eigenvalue weighted by atomic mass is 14.3. The van der Waals surface area contributed by atoms with Gasteiger partial charge in [0, 0.05) is 0 Å². The van der Waals surface area contributed by atoms with E-state index in [4.69, 9.17) is 0 Å².